The average molecular weight is 355 g/mol. The molecular formula is C21H25NO4. The van der Waals surface area contributed by atoms with Crippen LogP contribution in [0, 0.1) is 6.92 Å². The van der Waals surface area contributed by atoms with Crippen molar-refractivity contribution in [1.29, 1.82) is 0 Å². The molecule has 0 N–H and O–H groups in total. The van der Waals surface area contributed by atoms with E-state index in [2.05, 4.69) is 0 Å². The molecule has 2 aromatic carbocycles. The average Bonchev–Trinajstić information content (AvgIpc) is 2.66. The largest absolute Gasteiger partial charge is 0.488 e. The number of esters is 1. The predicted molar refractivity (Wildman–Crippen MR) is 100 cm³/mol. The fourth-order valence-electron chi connectivity index (χ4n) is 2.56. The molecule has 0 atom stereocenters. The van der Waals surface area contributed by atoms with Gasteiger partial charge in [-0.2, -0.15) is 0 Å². The van der Waals surface area contributed by atoms with Crippen LogP contribution in [-0.4, -0.2) is 36.5 Å². The Morgan fingerprint density at radius 1 is 0.962 bits per heavy atom. The summed E-state index contributed by atoms with van der Waals surface area (Å²) in [6.07, 6.45) is 0. The number of hydrogen-bond donors (Lipinski definition) is 0. The highest BCUT2D eigenvalue weighted by Gasteiger charge is 2.17. The van der Waals surface area contributed by atoms with Gasteiger partial charge in [0.05, 0.1) is 0 Å². The molecule has 26 heavy (non-hydrogen) atoms. The molecule has 0 heterocycles. The Balaban J connectivity index is 2.02. The van der Waals surface area contributed by atoms with Crippen molar-refractivity contribution in [3.8, 4) is 5.75 Å². The Hall–Kier alpha value is -2.82. The molecular weight excluding hydrogens is 330 g/mol. The summed E-state index contributed by atoms with van der Waals surface area (Å²) in [4.78, 5) is 26.0. The first-order valence-corrected chi connectivity index (χ1v) is 8.78. The summed E-state index contributed by atoms with van der Waals surface area (Å²) in [7, 11) is 0. The molecule has 1 amide bonds. The van der Waals surface area contributed by atoms with Gasteiger partial charge in [0.1, 0.15) is 17.9 Å². The number of carbonyl (C=O) groups excluding carboxylic acids is 2. The molecule has 138 valence electrons. The van der Waals surface area contributed by atoms with E-state index in [1.807, 2.05) is 45.0 Å². The molecule has 2 rings (SSSR count). The molecule has 0 saturated heterocycles. The number of amides is 1. The fourth-order valence-corrected chi connectivity index (χ4v) is 2.56. The van der Waals surface area contributed by atoms with E-state index in [4.69, 9.17) is 9.47 Å². The molecule has 5 heteroatoms. The standard InChI is InChI=1S/C21H25NO4/c1-4-22(5-2)20(23)15-26-21(24)18-12-8-9-13-19(18)25-14-17-11-7-6-10-16(17)3/h6-13H,4-5,14-15H2,1-3H3. The number of hydrogen-bond acceptors (Lipinski definition) is 4. The minimum atomic E-state index is -0.564. The minimum absolute atomic E-state index is 0.207. The Bertz CT molecular complexity index is 753. The van der Waals surface area contributed by atoms with Crippen molar-refractivity contribution in [3.63, 3.8) is 0 Å². The number of benzene rings is 2. The zero-order chi connectivity index (χ0) is 18.9. The van der Waals surface area contributed by atoms with Crippen LogP contribution < -0.4 is 4.74 Å². The molecule has 0 spiro atoms. The highest BCUT2D eigenvalue weighted by atomic mass is 16.5. The van der Waals surface area contributed by atoms with E-state index in [-0.39, 0.29) is 12.5 Å². The molecule has 0 fully saturated rings. The summed E-state index contributed by atoms with van der Waals surface area (Å²) in [5.41, 5.74) is 2.48. The first-order chi connectivity index (χ1) is 12.6. The molecule has 0 bridgehead atoms. The van der Waals surface area contributed by atoms with Gasteiger partial charge in [0.2, 0.25) is 0 Å². The molecule has 2 aromatic rings. The van der Waals surface area contributed by atoms with Crippen LogP contribution in [0.4, 0.5) is 0 Å². The first-order valence-electron chi connectivity index (χ1n) is 8.78. The number of carbonyl (C=O) groups is 2. The predicted octanol–water partition coefficient (Wildman–Crippen LogP) is 3.60. The molecule has 5 nitrogen and oxygen atoms in total. The van der Waals surface area contributed by atoms with Crippen molar-refractivity contribution in [1.82, 2.24) is 4.90 Å². The van der Waals surface area contributed by atoms with Crippen LogP contribution in [-0.2, 0) is 16.1 Å². The summed E-state index contributed by atoms with van der Waals surface area (Å²) in [6.45, 7) is 7.04. The molecule has 0 saturated carbocycles. The lowest BCUT2D eigenvalue weighted by Crippen LogP contribution is -2.34. The molecule has 0 radical (unpaired) electrons. The van der Waals surface area contributed by atoms with Gasteiger partial charge in [-0.05, 0) is 44.0 Å². The highest BCUT2D eigenvalue weighted by Crippen LogP contribution is 2.21. The summed E-state index contributed by atoms with van der Waals surface area (Å²) in [5, 5.41) is 0. The number of aryl methyl sites for hydroxylation is 1. The quantitative estimate of drug-likeness (QED) is 0.679. The lowest BCUT2D eigenvalue weighted by molar-refractivity contribution is -0.134. The fraction of sp³-hybridized carbons (Fsp3) is 0.333. The summed E-state index contributed by atoms with van der Waals surface area (Å²) < 4.78 is 11.0. The number of likely N-dealkylation sites (N-methyl/N-ethyl adjacent to an activating group) is 1. The van der Waals surface area contributed by atoms with Gasteiger partial charge in [-0.1, -0.05) is 36.4 Å². The van der Waals surface area contributed by atoms with Gasteiger partial charge in [0.15, 0.2) is 6.61 Å². The van der Waals surface area contributed by atoms with E-state index < -0.39 is 5.97 Å². The van der Waals surface area contributed by atoms with Gasteiger partial charge in [0, 0.05) is 13.1 Å². The zero-order valence-corrected chi connectivity index (χ0v) is 15.5. The Morgan fingerprint density at radius 3 is 2.31 bits per heavy atom. The van der Waals surface area contributed by atoms with E-state index >= 15 is 0 Å². The third-order valence-corrected chi connectivity index (χ3v) is 4.19. The summed E-state index contributed by atoms with van der Waals surface area (Å²) >= 11 is 0. The Labute approximate surface area is 154 Å². The van der Waals surface area contributed by atoms with Crippen LogP contribution in [0.2, 0.25) is 0 Å². The number of ether oxygens (including phenoxy) is 2. The van der Waals surface area contributed by atoms with Gasteiger partial charge in [-0.3, -0.25) is 4.79 Å². The van der Waals surface area contributed by atoms with Crippen LogP contribution >= 0.6 is 0 Å². The molecule has 0 aromatic heterocycles. The smallest absolute Gasteiger partial charge is 0.342 e. The third-order valence-electron chi connectivity index (χ3n) is 4.19. The van der Waals surface area contributed by atoms with E-state index in [0.717, 1.165) is 11.1 Å². The monoisotopic (exact) mass is 355 g/mol. The van der Waals surface area contributed by atoms with Gasteiger partial charge in [-0.25, -0.2) is 4.79 Å². The van der Waals surface area contributed by atoms with Crippen LogP contribution in [0.5, 0.6) is 5.75 Å². The van der Waals surface area contributed by atoms with Crippen LogP contribution in [0.25, 0.3) is 0 Å². The lowest BCUT2D eigenvalue weighted by Gasteiger charge is -2.18. The van der Waals surface area contributed by atoms with Crippen molar-refractivity contribution in [2.75, 3.05) is 19.7 Å². The van der Waals surface area contributed by atoms with E-state index in [1.54, 1.807) is 29.2 Å². The normalized spacial score (nSPS) is 10.3. The second-order valence-electron chi connectivity index (χ2n) is 5.85. The maximum Gasteiger partial charge on any atom is 0.342 e. The minimum Gasteiger partial charge on any atom is -0.488 e. The van der Waals surface area contributed by atoms with Crippen LogP contribution in [0.1, 0.15) is 35.3 Å². The van der Waals surface area contributed by atoms with Gasteiger partial charge >= 0.3 is 5.97 Å². The zero-order valence-electron chi connectivity index (χ0n) is 15.5. The molecule has 0 aliphatic rings. The van der Waals surface area contributed by atoms with Crippen LogP contribution in [0.15, 0.2) is 48.5 Å². The molecule has 0 aliphatic heterocycles. The number of nitrogens with zero attached hydrogens (tertiary/aromatic N) is 1. The van der Waals surface area contributed by atoms with E-state index in [9.17, 15) is 9.59 Å². The molecule has 0 unspecified atom stereocenters. The van der Waals surface area contributed by atoms with Crippen molar-refractivity contribution in [2.45, 2.75) is 27.4 Å². The second-order valence-corrected chi connectivity index (χ2v) is 5.85. The summed E-state index contributed by atoms with van der Waals surface area (Å²) in [6, 6.07) is 14.8. The van der Waals surface area contributed by atoms with Crippen molar-refractivity contribution >= 4 is 11.9 Å². The third kappa shape index (κ3) is 5.09. The van der Waals surface area contributed by atoms with Crippen molar-refractivity contribution in [3.05, 3.63) is 65.2 Å². The lowest BCUT2D eigenvalue weighted by atomic mass is 10.1. The second kappa shape index (κ2) is 9.61. The summed E-state index contributed by atoms with van der Waals surface area (Å²) in [5.74, 6) is -0.330. The maximum atomic E-state index is 12.4. The van der Waals surface area contributed by atoms with Crippen molar-refractivity contribution in [2.24, 2.45) is 0 Å². The first kappa shape index (κ1) is 19.5. The highest BCUT2D eigenvalue weighted by molar-refractivity contribution is 5.94. The van der Waals surface area contributed by atoms with Gasteiger partial charge in [0.25, 0.3) is 5.91 Å². The Morgan fingerprint density at radius 2 is 1.62 bits per heavy atom. The van der Waals surface area contributed by atoms with Gasteiger partial charge < -0.3 is 14.4 Å². The van der Waals surface area contributed by atoms with E-state index in [1.165, 1.54) is 0 Å². The number of para-hydroxylation sites is 1. The SMILES string of the molecule is CCN(CC)C(=O)COC(=O)c1ccccc1OCc1ccccc1C. The maximum absolute atomic E-state index is 12.4. The van der Waals surface area contributed by atoms with Crippen molar-refractivity contribution < 1.29 is 19.1 Å². The topological polar surface area (TPSA) is 55.8 Å². The molecule has 0 aliphatic carbocycles. The van der Waals surface area contributed by atoms with Crippen LogP contribution in [0.3, 0.4) is 0 Å². The Kier molecular flexibility index (Phi) is 7.21. The van der Waals surface area contributed by atoms with E-state index in [0.29, 0.717) is 31.0 Å². The van der Waals surface area contributed by atoms with Gasteiger partial charge in [-0.15, -0.1) is 0 Å². The number of rotatable bonds is 8.